The van der Waals surface area contributed by atoms with Gasteiger partial charge in [-0.25, -0.2) is 0 Å². The molecule has 0 bridgehead atoms. The van der Waals surface area contributed by atoms with E-state index in [0.29, 0.717) is 18.2 Å². The Morgan fingerprint density at radius 2 is 2.30 bits per heavy atom. The van der Waals surface area contributed by atoms with E-state index in [1.54, 1.807) is 0 Å². The zero-order chi connectivity index (χ0) is 7.98. The molecule has 0 saturated carbocycles. The van der Waals surface area contributed by atoms with Gasteiger partial charge in [-0.2, -0.15) is 0 Å². The van der Waals surface area contributed by atoms with Crippen LogP contribution in [0.15, 0.2) is 0 Å². The van der Waals surface area contributed by atoms with Crippen molar-refractivity contribution < 1.29 is 10.0 Å². The third kappa shape index (κ3) is 5.97. The number of aliphatic hydroxyl groups is 1. The van der Waals surface area contributed by atoms with Crippen molar-refractivity contribution in [2.24, 2.45) is 0 Å². The van der Waals surface area contributed by atoms with Crippen LogP contribution in [0.5, 0.6) is 0 Å². The number of aliphatic hydroxyl groups excluding tert-OH is 1. The molecule has 5 heteroatoms. The predicted octanol–water partition coefficient (Wildman–Crippen LogP) is 0.799. The zero-order valence-electron chi connectivity index (χ0n) is 5.49. The van der Waals surface area contributed by atoms with Gasteiger partial charge in [0.25, 0.3) is 0 Å². The van der Waals surface area contributed by atoms with Crippen molar-refractivity contribution in [2.45, 2.75) is 18.9 Å². The largest absolute Gasteiger partial charge is 0.392 e. The van der Waals surface area contributed by atoms with Crippen LogP contribution in [0.3, 0.4) is 0 Å². The Morgan fingerprint density at radius 1 is 1.70 bits per heavy atom. The standard InChI is InChI=1S/C5H10BrNO3/c6-4-5(8)2-1-3-7(9)10/h5,8H,1-4H2. The third-order valence-electron chi connectivity index (χ3n) is 1.06. The average Bonchev–Trinajstić information content (AvgIpc) is 1.87. The van der Waals surface area contributed by atoms with Crippen LogP contribution < -0.4 is 0 Å². The van der Waals surface area contributed by atoms with E-state index in [-0.39, 0.29) is 11.5 Å². The van der Waals surface area contributed by atoms with Crippen LogP contribution in [0.2, 0.25) is 0 Å². The maximum Gasteiger partial charge on any atom is 0.204 e. The lowest BCUT2D eigenvalue weighted by molar-refractivity contribution is -0.480. The van der Waals surface area contributed by atoms with E-state index in [1.165, 1.54) is 0 Å². The maximum atomic E-state index is 9.78. The summed E-state index contributed by atoms with van der Waals surface area (Å²) in [5.74, 6) is 0. The molecule has 1 atom stereocenters. The topological polar surface area (TPSA) is 63.4 Å². The van der Waals surface area contributed by atoms with Crippen LogP contribution in [-0.4, -0.2) is 28.0 Å². The van der Waals surface area contributed by atoms with Gasteiger partial charge in [0, 0.05) is 16.7 Å². The smallest absolute Gasteiger partial charge is 0.204 e. The van der Waals surface area contributed by atoms with Crippen molar-refractivity contribution in [3.05, 3.63) is 10.1 Å². The van der Waals surface area contributed by atoms with Gasteiger partial charge in [0.15, 0.2) is 0 Å². The second-order valence-electron chi connectivity index (χ2n) is 2.01. The minimum absolute atomic E-state index is 0.0515. The van der Waals surface area contributed by atoms with E-state index in [2.05, 4.69) is 15.9 Å². The summed E-state index contributed by atoms with van der Waals surface area (Å²) in [6.45, 7) is -0.0515. The molecule has 0 aliphatic rings. The van der Waals surface area contributed by atoms with Gasteiger partial charge >= 0.3 is 0 Å². The summed E-state index contributed by atoms with van der Waals surface area (Å²) in [4.78, 5) is 9.41. The van der Waals surface area contributed by atoms with Crippen LogP contribution in [0.4, 0.5) is 0 Å². The zero-order valence-corrected chi connectivity index (χ0v) is 7.08. The summed E-state index contributed by atoms with van der Waals surface area (Å²) in [6.07, 6.45) is 0.492. The third-order valence-corrected chi connectivity index (χ3v) is 1.80. The summed E-state index contributed by atoms with van der Waals surface area (Å²) in [7, 11) is 0. The van der Waals surface area contributed by atoms with Gasteiger partial charge in [-0.1, -0.05) is 15.9 Å². The van der Waals surface area contributed by atoms with Crippen molar-refractivity contribution in [2.75, 3.05) is 11.9 Å². The fraction of sp³-hybridized carbons (Fsp3) is 1.00. The number of hydrogen-bond donors (Lipinski definition) is 1. The molecule has 1 unspecified atom stereocenters. The summed E-state index contributed by atoms with van der Waals surface area (Å²) >= 11 is 3.06. The molecule has 0 aromatic heterocycles. The molecular formula is C5H10BrNO3. The van der Waals surface area contributed by atoms with Gasteiger partial charge in [-0.3, -0.25) is 10.1 Å². The highest BCUT2D eigenvalue weighted by Gasteiger charge is 2.03. The molecule has 0 fully saturated rings. The van der Waals surface area contributed by atoms with Crippen molar-refractivity contribution in [1.29, 1.82) is 0 Å². The SMILES string of the molecule is O=[N+]([O-])CCCC(O)CBr. The molecule has 1 N–H and O–H groups in total. The fourth-order valence-corrected chi connectivity index (χ4v) is 0.857. The second kappa shape index (κ2) is 5.61. The molecule has 0 aromatic carbocycles. The number of hydrogen-bond acceptors (Lipinski definition) is 3. The van der Waals surface area contributed by atoms with E-state index >= 15 is 0 Å². The number of nitro groups is 1. The first kappa shape index (κ1) is 9.84. The minimum atomic E-state index is -0.444. The number of rotatable bonds is 5. The fourth-order valence-electron chi connectivity index (χ4n) is 0.533. The van der Waals surface area contributed by atoms with Crippen LogP contribution in [-0.2, 0) is 0 Å². The van der Waals surface area contributed by atoms with Crippen LogP contribution in [0, 0.1) is 10.1 Å². The van der Waals surface area contributed by atoms with Gasteiger partial charge in [0.1, 0.15) is 0 Å². The number of halogens is 1. The molecule has 0 rings (SSSR count). The molecule has 0 amide bonds. The van der Waals surface area contributed by atoms with E-state index in [4.69, 9.17) is 5.11 Å². The molecular weight excluding hydrogens is 202 g/mol. The van der Waals surface area contributed by atoms with Gasteiger partial charge in [0.05, 0.1) is 6.10 Å². The van der Waals surface area contributed by atoms with Crippen LogP contribution in [0.25, 0.3) is 0 Å². The van der Waals surface area contributed by atoms with Gasteiger partial charge < -0.3 is 5.11 Å². The average molecular weight is 212 g/mol. The molecule has 0 spiro atoms. The van der Waals surface area contributed by atoms with Crippen LogP contribution in [0.1, 0.15) is 12.8 Å². The Hall–Kier alpha value is -0.160. The first-order valence-corrected chi connectivity index (χ1v) is 4.14. The highest BCUT2D eigenvalue weighted by Crippen LogP contribution is 1.99. The Labute approximate surface area is 67.5 Å². The van der Waals surface area contributed by atoms with Gasteiger partial charge in [-0.05, 0) is 6.42 Å². The van der Waals surface area contributed by atoms with E-state index in [0.717, 1.165) is 0 Å². The Morgan fingerprint density at radius 3 is 2.70 bits per heavy atom. The van der Waals surface area contributed by atoms with Crippen molar-refractivity contribution in [3.8, 4) is 0 Å². The lowest BCUT2D eigenvalue weighted by Gasteiger charge is -2.02. The highest BCUT2D eigenvalue weighted by atomic mass is 79.9. The number of alkyl halides is 1. The lowest BCUT2D eigenvalue weighted by Crippen LogP contribution is -2.10. The molecule has 60 valence electrons. The van der Waals surface area contributed by atoms with Crippen molar-refractivity contribution in [3.63, 3.8) is 0 Å². The second-order valence-corrected chi connectivity index (χ2v) is 2.65. The first-order valence-electron chi connectivity index (χ1n) is 3.02. The van der Waals surface area contributed by atoms with Crippen molar-refractivity contribution >= 4 is 15.9 Å². The monoisotopic (exact) mass is 211 g/mol. The lowest BCUT2D eigenvalue weighted by atomic mass is 10.2. The molecule has 0 aromatic rings. The summed E-state index contributed by atoms with van der Waals surface area (Å²) in [5, 5.41) is 19.2. The minimum Gasteiger partial charge on any atom is -0.392 e. The quantitative estimate of drug-likeness (QED) is 0.416. The molecule has 4 nitrogen and oxygen atoms in total. The predicted molar refractivity (Wildman–Crippen MR) is 40.9 cm³/mol. The van der Waals surface area contributed by atoms with Gasteiger partial charge in [-0.15, -0.1) is 0 Å². The maximum absolute atomic E-state index is 9.78. The normalized spacial score (nSPS) is 13.0. The van der Waals surface area contributed by atoms with Gasteiger partial charge in [0.2, 0.25) is 6.54 Å². The molecule has 0 heterocycles. The Balaban J connectivity index is 3.11. The van der Waals surface area contributed by atoms with Crippen molar-refractivity contribution in [1.82, 2.24) is 0 Å². The summed E-state index contributed by atoms with van der Waals surface area (Å²) < 4.78 is 0. The molecule has 0 saturated heterocycles. The van der Waals surface area contributed by atoms with Crippen LogP contribution >= 0.6 is 15.9 Å². The Kier molecular flexibility index (Phi) is 5.52. The van der Waals surface area contributed by atoms with E-state index < -0.39 is 6.10 Å². The molecule has 0 aliphatic carbocycles. The van der Waals surface area contributed by atoms with E-state index in [9.17, 15) is 10.1 Å². The van der Waals surface area contributed by atoms with E-state index in [1.807, 2.05) is 0 Å². The molecule has 10 heavy (non-hydrogen) atoms. The molecule has 0 radical (unpaired) electrons. The highest BCUT2D eigenvalue weighted by molar-refractivity contribution is 9.09. The first-order chi connectivity index (χ1) is 4.66. The number of nitrogens with zero attached hydrogens (tertiary/aromatic N) is 1. The molecule has 0 aliphatic heterocycles. The Bertz CT molecular complexity index is 109. The summed E-state index contributed by atoms with van der Waals surface area (Å²) in [6, 6.07) is 0. The summed E-state index contributed by atoms with van der Waals surface area (Å²) in [5.41, 5.74) is 0.